The number of aliphatic hydroxyl groups excluding tert-OH is 1. The number of nitrogens with zero attached hydrogens (tertiary/aromatic N) is 3. The van der Waals surface area contributed by atoms with E-state index in [9.17, 15) is 5.11 Å². The van der Waals surface area contributed by atoms with Crippen molar-refractivity contribution in [2.75, 3.05) is 38.0 Å². The van der Waals surface area contributed by atoms with Gasteiger partial charge in [0.15, 0.2) is 17.3 Å². The van der Waals surface area contributed by atoms with Gasteiger partial charge in [-0.25, -0.2) is 9.97 Å². The van der Waals surface area contributed by atoms with E-state index in [2.05, 4.69) is 14.9 Å². The molecule has 0 amide bonds. The average Bonchev–Trinajstić information content (AvgIpc) is 3.39. The standard InChI is InChI=1S/C20H21Cl2N3O4/c21-12-7-15-18(29-11-28-15)16(17(12)22)13-8-23-19(14(9-26)24-13)25-4-1-20(2-5-25)3-6-27-10-20/h7-8,26H,1-6,9-11H2. The highest BCUT2D eigenvalue weighted by Crippen LogP contribution is 2.48. The Hall–Kier alpha value is -1.80. The number of hydrogen-bond donors (Lipinski definition) is 1. The number of rotatable bonds is 3. The number of hydrogen-bond acceptors (Lipinski definition) is 7. The Morgan fingerprint density at radius 1 is 1.17 bits per heavy atom. The van der Waals surface area contributed by atoms with Gasteiger partial charge in [0.05, 0.1) is 40.7 Å². The minimum absolute atomic E-state index is 0.0939. The van der Waals surface area contributed by atoms with E-state index in [4.69, 9.17) is 37.4 Å². The molecule has 1 aromatic heterocycles. The topological polar surface area (TPSA) is 76.9 Å². The summed E-state index contributed by atoms with van der Waals surface area (Å²) in [5.74, 6) is 1.72. The van der Waals surface area contributed by atoms with Gasteiger partial charge in [-0.1, -0.05) is 23.2 Å². The zero-order chi connectivity index (χ0) is 20.0. The average molecular weight is 438 g/mol. The molecule has 3 aliphatic rings. The first-order valence-electron chi connectivity index (χ1n) is 9.68. The summed E-state index contributed by atoms with van der Waals surface area (Å²) >= 11 is 12.7. The van der Waals surface area contributed by atoms with Gasteiger partial charge in [-0.15, -0.1) is 0 Å². The van der Waals surface area contributed by atoms with E-state index in [-0.39, 0.29) is 13.4 Å². The van der Waals surface area contributed by atoms with Gasteiger partial charge < -0.3 is 24.2 Å². The van der Waals surface area contributed by atoms with Crippen molar-refractivity contribution in [3.63, 3.8) is 0 Å². The van der Waals surface area contributed by atoms with E-state index in [1.54, 1.807) is 12.3 Å². The normalized spacial score (nSPS) is 19.9. The molecule has 5 rings (SSSR count). The van der Waals surface area contributed by atoms with E-state index < -0.39 is 0 Å². The van der Waals surface area contributed by atoms with Gasteiger partial charge in [0, 0.05) is 25.8 Å². The predicted octanol–water partition coefficient (Wildman–Crippen LogP) is 3.68. The third kappa shape index (κ3) is 3.30. The van der Waals surface area contributed by atoms with Crippen LogP contribution in [0.25, 0.3) is 11.3 Å². The van der Waals surface area contributed by atoms with Crippen LogP contribution in [-0.4, -0.2) is 48.2 Å². The molecule has 3 aliphatic heterocycles. The molecule has 4 heterocycles. The number of aliphatic hydroxyl groups is 1. The lowest BCUT2D eigenvalue weighted by atomic mass is 9.78. The summed E-state index contributed by atoms with van der Waals surface area (Å²) in [5.41, 5.74) is 1.82. The number of piperidine rings is 1. The zero-order valence-corrected chi connectivity index (χ0v) is 17.3. The SMILES string of the molecule is OCc1nc(-c2c(Cl)c(Cl)cc3c2OCO3)cnc1N1CCC2(CCOC2)CC1. The summed E-state index contributed by atoms with van der Waals surface area (Å²) in [7, 11) is 0. The maximum atomic E-state index is 9.98. The summed E-state index contributed by atoms with van der Waals surface area (Å²) < 4.78 is 16.6. The molecule has 9 heteroatoms. The second kappa shape index (κ2) is 7.47. The smallest absolute Gasteiger partial charge is 0.231 e. The highest BCUT2D eigenvalue weighted by atomic mass is 35.5. The van der Waals surface area contributed by atoms with Crippen LogP contribution < -0.4 is 14.4 Å². The first-order chi connectivity index (χ1) is 14.1. The largest absolute Gasteiger partial charge is 0.454 e. The summed E-state index contributed by atoms with van der Waals surface area (Å²) in [5, 5.41) is 10.7. The fourth-order valence-electron chi connectivity index (χ4n) is 4.37. The molecule has 29 heavy (non-hydrogen) atoms. The van der Waals surface area contributed by atoms with Crippen molar-refractivity contribution in [3.05, 3.63) is 28.0 Å². The predicted molar refractivity (Wildman–Crippen MR) is 109 cm³/mol. The van der Waals surface area contributed by atoms with E-state index in [0.29, 0.717) is 49.7 Å². The third-order valence-electron chi connectivity index (χ3n) is 6.09. The molecule has 154 valence electrons. The van der Waals surface area contributed by atoms with Crippen LogP contribution in [0.3, 0.4) is 0 Å². The molecule has 0 unspecified atom stereocenters. The molecule has 0 radical (unpaired) electrons. The lowest BCUT2D eigenvalue weighted by Crippen LogP contribution is -2.41. The lowest BCUT2D eigenvalue weighted by molar-refractivity contribution is 0.133. The number of ether oxygens (including phenoxy) is 3. The Labute approximate surface area is 178 Å². The second-order valence-electron chi connectivity index (χ2n) is 7.75. The van der Waals surface area contributed by atoms with Gasteiger partial charge in [-0.3, -0.25) is 0 Å². The van der Waals surface area contributed by atoms with Crippen molar-refractivity contribution in [1.82, 2.24) is 9.97 Å². The summed E-state index contributed by atoms with van der Waals surface area (Å²) in [4.78, 5) is 11.5. The summed E-state index contributed by atoms with van der Waals surface area (Å²) in [6.07, 6.45) is 4.88. The van der Waals surface area contributed by atoms with Gasteiger partial charge in [0.2, 0.25) is 6.79 Å². The Balaban J connectivity index is 1.47. The first kappa shape index (κ1) is 19.2. The third-order valence-corrected chi connectivity index (χ3v) is 6.88. The van der Waals surface area contributed by atoms with Crippen molar-refractivity contribution in [3.8, 4) is 22.8 Å². The van der Waals surface area contributed by atoms with Crippen molar-refractivity contribution >= 4 is 29.0 Å². The Kier molecular flexibility index (Phi) is 4.94. The lowest BCUT2D eigenvalue weighted by Gasteiger charge is -2.39. The van der Waals surface area contributed by atoms with E-state index >= 15 is 0 Å². The Morgan fingerprint density at radius 2 is 2.00 bits per heavy atom. The van der Waals surface area contributed by atoms with Crippen LogP contribution in [0, 0.1) is 5.41 Å². The van der Waals surface area contributed by atoms with Crippen LogP contribution in [0.15, 0.2) is 12.3 Å². The zero-order valence-electron chi connectivity index (χ0n) is 15.8. The van der Waals surface area contributed by atoms with Crippen molar-refractivity contribution in [1.29, 1.82) is 0 Å². The molecule has 0 saturated carbocycles. The fraction of sp³-hybridized carbons (Fsp3) is 0.500. The van der Waals surface area contributed by atoms with Crippen LogP contribution in [0.1, 0.15) is 25.0 Å². The number of fused-ring (bicyclic) bond motifs is 1. The first-order valence-corrected chi connectivity index (χ1v) is 10.4. The molecular weight excluding hydrogens is 417 g/mol. The molecule has 2 saturated heterocycles. The number of benzene rings is 1. The maximum Gasteiger partial charge on any atom is 0.231 e. The molecule has 0 aliphatic carbocycles. The highest BCUT2D eigenvalue weighted by molar-refractivity contribution is 6.44. The minimum Gasteiger partial charge on any atom is -0.454 e. The number of anilines is 1. The second-order valence-corrected chi connectivity index (χ2v) is 8.54. The fourth-order valence-corrected chi connectivity index (χ4v) is 4.80. The van der Waals surface area contributed by atoms with Crippen molar-refractivity contribution in [2.45, 2.75) is 25.9 Å². The van der Waals surface area contributed by atoms with Crippen LogP contribution in [0.5, 0.6) is 11.5 Å². The molecular formula is C20H21Cl2N3O4. The monoisotopic (exact) mass is 437 g/mol. The van der Waals surface area contributed by atoms with Crippen LogP contribution in [0.4, 0.5) is 5.82 Å². The van der Waals surface area contributed by atoms with Crippen molar-refractivity contribution in [2.24, 2.45) is 5.41 Å². The molecule has 7 nitrogen and oxygen atoms in total. The van der Waals surface area contributed by atoms with Gasteiger partial charge >= 0.3 is 0 Å². The van der Waals surface area contributed by atoms with Gasteiger partial charge in [0.1, 0.15) is 5.69 Å². The maximum absolute atomic E-state index is 9.98. The molecule has 0 bridgehead atoms. The number of halogens is 2. The van der Waals surface area contributed by atoms with E-state index in [0.717, 1.165) is 45.6 Å². The van der Waals surface area contributed by atoms with E-state index in [1.807, 2.05) is 0 Å². The Bertz CT molecular complexity index is 940. The summed E-state index contributed by atoms with van der Waals surface area (Å²) in [6, 6.07) is 1.63. The Morgan fingerprint density at radius 3 is 2.72 bits per heavy atom. The van der Waals surface area contributed by atoms with Gasteiger partial charge in [-0.05, 0) is 24.7 Å². The van der Waals surface area contributed by atoms with Crippen LogP contribution in [0.2, 0.25) is 10.0 Å². The van der Waals surface area contributed by atoms with E-state index in [1.165, 1.54) is 0 Å². The van der Waals surface area contributed by atoms with Crippen LogP contribution in [-0.2, 0) is 11.3 Å². The molecule has 1 spiro atoms. The van der Waals surface area contributed by atoms with Crippen LogP contribution >= 0.6 is 23.2 Å². The highest BCUT2D eigenvalue weighted by Gasteiger charge is 2.38. The molecule has 2 fully saturated rings. The van der Waals surface area contributed by atoms with Crippen molar-refractivity contribution < 1.29 is 19.3 Å². The molecule has 0 atom stereocenters. The van der Waals surface area contributed by atoms with Gasteiger partial charge in [0.25, 0.3) is 0 Å². The minimum atomic E-state index is -0.224. The summed E-state index contributed by atoms with van der Waals surface area (Å²) in [6.45, 7) is 3.31. The quantitative estimate of drug-likeness (QED) is 0.784. The van der Waals surface area contributed by atoms with Gasteiger partial charge in [-0.2, -0.15) is 0 Å². The number of aromatic nitrogens is 2. The molecule has 1 aromatic carbocycles. The molecule has 1 N–H and O–H groups in total. The molecule has 2 aromatic rings.